The van der Waals surface area contributed by atoms with Crippen molar-refractivity contribution in [1.29, 1.82) is 0 Å². The van der Waals surface area contributed by atoms with E-state index >= 15 is 0 Å². The summed E-state index contributed by atoms with van der Waals surface area (Å²) >= 11 is 6.61. The van der Waals surface area contributed by atoms with Gasteiger partial charge in [-0.05, 0) is 31.0 Å². The van der Waals surface area contributed by atoms with Crippen molar-refractivity contribution in [1.82, 2.24) is 0 Å². The maximum Gasteiger partial charge on any atom is 0.305 e. The van der Waals surface area contributed by atoms with Crippen molar-refractivity contribution >= 4 is 24.4 Å². The summed E-state index contributed by atoms with van der Waals surface area (Å²) in [6.45, 7) is 2.68. The van der Waals surface area contributed by atoms with Crippen molar-refractivity contribution in [2.45, 2.75) is 70.0 Å². The van der Waals surface area contributed by atoms with Crippen LogP contribution in [0.2, 0.25) is 18.1 Å². The van der Waals surface area contributed by atoms with Gasteiger partial charge >= 0.3 is 5.97 Å². The number of hydrogen-bond acceptors (Lipinski definition) is 2. The predicted octanol–water partition coefficient (Wildman–Crippen LogP) is 4.48. The molecule has 0 spiro atoms. The molecule has 1 saturated heterocycles. The average Bonchev–Trinajstić information content (AvgIpc) is 2.73. The van der Waals surface area contributed by atoms with Crippen molar-refractivity contribution < 1.29 is 9.53 Å². The van der Waals surface area contributed by atoms with Crippen LogP contribution in [-0.2, 0) is 9.53 Å². The Morgan fingerprint density at radius 2 is 1.94 bits per heavy atom. The van der Waals surface area contributed by atoms with Gasteiger partial charge in [0, 0.05) is 6.42 Å². The highest BCUT2D eigenvalue weighted by molar-refractivity contribution is 7.20. The molecule has 17 heavy (non-hydrogen) atoms. The Balaban J connectivity index is 1.98. The molecule has 0 amide bonds. The van der Waals surface area contributed by atoms with E-state index in [0.717, 1.165) is 25.7 Å². The Kier molecular flexibility index (Phi) is 7.20. The first-order valence-electron chi connectivity index (χ1n) is 7.01. The minimum atomic E-state index is -1.37. The average molecular weight is 277 g/mol. The number of ether oxygens (including phenoxy) is 1. The van der Waals surface area contributed by atoms with E-state index < -0.39 is 7.38 Å². The van der Waals surface area contributed by atoms with Gasteiger partial charge in [0.05, 0.1) is 6.61 Å². The van der Waals surface area contributed by atoms with Gasteiger partial charge in [0.1, 0.15) is 0 Å². The molecule has 0 radical (unpaired) electrons. The Morgan fingerprint density at radius 1 is 1.24 bits per heavy atom. The largest absolute Gasteiger partial charge is 0.466 e. The highest BCUT2D eigenvalue weighted by Gasteiger charge is 2.33. The molecule has 1 fully saturated rings. The molecule has 1 aliphatic heterocycles. The maximum absolute atomic E-state index is 11.3. The van der Waals surface area contributed by atoms with Gasteiger partial charge in [-0.2, -0.15) is 11.1 Å². The lowest BCUT2D eigenvalue weighted by molar-refractivity contribution is -0.143. The van der Waals surface area contributed by atoms with E-state index in [1.54, 1.807) is 0 Å². The van der Waals surface area contributed by atoms with E-state index in [0.29, 0.717) is 13.0 Å². The Morgan fingerprint density at radius 3 is 2.59 bits per heavy atom. The lowest BCUT2D eigenvalue weighted by Crippen LogP contribution is -2.21. The standard InChI is InChI=1S/C13H25ClO2Si/c1-2-3-9-16-13(15)8-4-5-10-17(14)11-6-7-12-17/h2-12H2,1H3. The number of halogens is 1. The predicted molar refractivity (Wildman–Crippen MR) is 75.0 cm³/mol. The minimum absolute atomic E-state index is 0.0323. The third-order valence-electron chi connectivity index (χ3n) is 3.52. The van der Waals surface area contributed by atoms with Gasteiger partial charge in [0.25, 0.3) is 0 Å². The lowest BCUT2D eigenvalue weighted by atomic mass is 10.2. The zero-order valence-electron chi connectivity index (χ0n) is 11.0. The van der Waals surface area contributed by atoms with Crippen LogP contribution in [0, 0.1) is 0 Å². The smallest absolute Gasteiger partial charge is 0.305 e. The monoisotopic (exact) mass is 276 g/mol. The molecule has 1 aliphatic rings. The summed E-state index contributed by atoms with van der Waals surface area (Å²) in [5.41, 5.74) is 0. The molecule has 0 aromatic carbocycles. The highest BCUT2D eigenvalue weighted by atomic mass is 35.6. The van der Waals surface area contributed by atoms with E-state index in [-0.39, 0.29) is 5.97 Å². The number of hydrogen-bond donors (Lipinski definition) is 0. The molecule has 0 aliphatic carbocycles. The lowest BCUT2D eigenvalue weighted by Gasteiger charge is -2.16. The molecular weight excluding hydrogens is 252 g/mol. The van der Waals surface area contributed by atoms with Crippen molar-refractivity contribution in [2.24, 2.45) is 0 Å². The molecule has 0 bridgehead atoms. The Labute approximate surface area is 111 Å². The molecule has 2 nitrogen and oxygen atoms in total. The molecular formula is C13H25ClO2Si. The second-order valence-electron chi connectivity index (χ2n) is 5.14. The summed E-state index contributed by atoms with van der Waals surface area (Å²) in [5.74, 6) is -0.0323. The summed E-state index contributed by atoms with van der Waals surface area (Å²) in [7, 11) is -1.37. The quantitative estimate of drug-likeness (QED) is 0.283. The SMILES string of the molecule is CCCCOC(=O)CCCC[Si]1(Cl)CCCC1. The molecule has 1 rings (SSSR count). The third kappa shape index (κ3) is 6.46. The molecule has 0 N–H and O–H groups in total. The fraction of sp³-hybridized carbons (Fsp3) is 0.923. The normalized spacial score (nSPS) is 18.2. The van der Waals surface area contributed by atoms with Crippen LogP contribution in [-0.4, -0.2) is 20.0 Å². The topological polar surface area (TPSA) is 26.3 Å². The molecule has 0 atom stereocenters. The third-order valence-corrected chi connectivity index (χ3v) is 8.97. The molecule has 0 aromatic rings. The summed E-state index contributed by atoms with van der Waals surface area (Å²) in [6, 6.07) is 3.77. The van der Waals surface area contributed by atoms with E-state index in [4.69, 9.17) is 15.8 Å². The van der Waals surface area contributed by atoms with Crippen LogP contribution in [0.4, 0.5) is 0 Å². The van der Waals surface area contributed by atoms with Crippen molar-refractivity contribution in [3.8, 4) is 0 Å². The maximum atomic E-state index is 11.3. The number of esters is 1. The van der Waals surface area contributed by atoms with E-state index in [1.165, 1.54) is 31.0 Å². The molecule has 0 unspecified atom stereocenters. The van der Waals surface area contributed by atoms with E-state index in [9.17, 15) is 4.79 Å². The van der Waals surface area contributed by atoms with Gasteiger partial charge in [-0.25, -0.2) is 0 Å². The molecule has 0 aromatic heterocycles. The molecule has 0 saturated carbocycles. The number of rotatable bonds is 8. The van der Waals surface area contributed by atoms with Crippen molar-refractivity contribution in [3.05, 3.63) is 0 Å². The van der Waals surface area contributed by atoms with E-state index in [1.807, 2.05) is 0 Å². The summed E-state index contributed by atoms with van der Waals surface area (Å²) < 4.78 is 5.12. The first-order valence-corrected chi connectivity index (χ1v) is 10.6. The van der Waals surface area contributed by atoms with Gasteiger partial charge in [-0.15, -0.1) is 0 Å². The Bertz CT molecular complexity index is 227. The Hall–Kier alpha value is -0.0231. The van der Waals surface area contributed by atoms with Crippen LogP contribution in [0.1, 0.15) is 51.9 Å². The second kappa shape index (κ2) is 8.14. The first-order chi connectivity index (χ1) is 8.16. The molecule has 100 valence electrons. The van der Waals surface area contributed by atoms with Crippen LogP contribution in [0.5, 0.6) is 0 Å². The van der Waals surface area contributed by atoms with Crippen molar-refractivity contribution in [3.63, 3.8) is 0 Å². The summed E-state index contributed by atoms with van der Waals surface area (Å²) in [6.07, 6.45) is 7.34. The van der Waals surface area contributed by atoms with Crippen LogP contribution in [0.25, 0.3) is 0 Å². The second-order valence-corrected chi connectivity index (χ2v) is 11.3. The number of unbranched alkanes of at least 4 members (excludes halogenated alkanes) is 2. The van der Waals surface area contributed by atoms with Gasteiger partial charge in [-0.1, -0.05) is 32.6 Å². The van der Waals surface area contributed by atoms with Gasteiger partial charge in [0.2, 0.25) is 0 Å². The molecule has 4 heteroatoms. The zero-order chi connectivity index (χ0) is 12.6. The minimum Gasteiger partial charge on any atom is -0.466 e. The van der Waals surface area contributed by atoms with E-state index in [2.05, 4.69) is 6.92 Å². The number of carbonyl (C=O) groups excluding carboxylic acids is 1. The van der Waals surface area contributed by atoms with Crippen molar-refractivity contribution in [2.75, 3.05) is 6.61 Å². The van der Waals surface area contributed by atoms with Crippen LogP contribution in [0.15, 0.2) is 0 Å². The van der Waals surface area contributed by atoms with Gasteiger partial charge < -0.3 is 4.74 Å². The molecule has 1 heterocycles. The first kappa shape index (κ1) is 15.0. The van der Waals surface area contributed by atoms with Gasteiger partial charge in [0.15, 0.2) is 7.38 Å². The zero-order valence-corrected chi connectivity index (χ0v) is 12.7. The van der Waals surface area contributed by atoms with Gasteiger partial charge in [-0.3, -0.25) is 4.79 Å². The summed E-state index contributed by atoms with van der Waals surface area (Å²) in [5, 5.41) is 0. The summed E-state index contributed by atoms with van der Waals surface area (Å²) in [4.78, 5) is 11.3. The number of carbonyl (C=O) groups is 1. The highest BCUT2D eigenvalue weighted by Crippen LogP contribution is 2.37. The van der Waals surface area contributed by atoms with Crippen LogP contribution in [0.3, 0.4) is 0 Å². The fourth-order valence-corrected chi connectivity index (χ4v) is 6.98. The van der Waals surface area contributed by atoms with Crippen LogP contribution < -0.4 is 0 Å². The fourth-order valence-electron chi connectivity index (χ4n) is 2.37. The van der Waals surface area contributed by atoms with Crippen LogP contribution >= 0.6 is 11.1 Å².